The van der Waals surface area contributed by atoms with Gasteiger partial charge in [0.05, 0.1) is 25.8 Å². The highest BCUT2D eigenvalue weighted by molar-refractivity contribution is 5.75. The first-order chi connectivity index (χ1) is 10.9. The smallest absolute Gasteiger partial charge is 0.318 e. The van der Waals surface area contributed by atoms with Crippen LogP contribution in [0.3, 0.4) is 0 Å². The minimum Gasteiger partial charge on any atom is -0.496 e. The minimum absolute atomic E-state index is 0.0161. The summed E-state index contributed by atoms with van der Waals surface area (Å²) in [5.74, 6) is 0.771. The van der Waals surface area contributed by atoms with Crippen LogP contribution in [0.4, 0.5) is 4.79 Å². The lowest BCUT2D eigenvalue weighted by atomic mass is 9.82. The van der Waals surface area contributed by atoms with Crippen molar-refractivity contribution in [2.24, 2.45) is 5.41 Å². The number of hydrogen-bond donors (Lipinski definition) is 2. The molecule has 2 amide bonds. The lowest BCUT2D eigenvalue weighted by Gasteiger charge is -2.35. The van der Waals surface area contributed by atoms with Crippen molar-refractivity contribution in [2.75, 3.05) is 20.3 Å². The van der Waals surface area contributed by atoms with Gasteiger partial charge in [0.2, 0.25) is 0 Å². The number of rotatable bonds is 4. The van der Waals surface area contributed by atoms with Crippen molar-refractivity contribution in [3.63, 3.8) is 0 Å². The Morgan fingerprint density at radius 1 is 1.43 bits per heavy atom. The van der Waals surface area contributed by atoms with E-state index < -0.39 is 0 Å². The van der Waals surface area contributed by atoms with Gasteiger partial charge in [-0.25, -0.2) is 4.79 Å². The second kappa shape index (κ2) is 7.21. The topological polar surface area (TPSA) is 61.8 Å². The SMILES string of the molecule is COc1ccccc1C(NC(=O)N1CCC[C@H]1CO)C(C)(C)C. The number of aliphatic hydroxyl groups excluding tert-OH is 1. The molecule has 1 aromatic carbocycles. The van der Waals surface area contributed by atoms with Gasteiger partial charge in [0.15, 0.2) is 0 Å². The lowest BCUT2D eigenvalue weighted by molar-refractivity contribution is 0.146. The Hall–Kier alpha value is -1.75. The molecule has 1 saturated heterocycles. The van der Waals surface area contributed by atoms with Crippen molar-refractivity contribution in [1.82, 2.24) is 10.2 Å². The van der Waals surface area contributed by atoms with Crippen LogP contribution in [0.15, 0.2) is 24.3 Å². The van der Waals surface area contributed by atoms with E-state index in [1.807, 2.05) is 24.3 Å². The van der Waals surface area contributed by atoms with Crippen LogP contribution >= 0.6 is 0 Å². The second-order valence-corrected chi connectivity index (χ2v) is 7.16. The Labute approximate surface area is 138 Å². The van der Waals surface area contributed by atoms with Crippen LogP contribution in [0.5, 0.6) is 5.75 Å². The number of carbonyl (C=O) groups is 1. The summed E-state index contributed by atoms with van der Waals surface area (Å²) in [5, 5.41) is 12.6. The summed E-state index contributed by atoms with van der Waals surface area (Å²) in [4.78, 5) is 14.5. The van der Waals surface area contributed by atoms with E-state index in [0.717, 1.165) is 24.2 Å². The van der Waals surface area contributed by atoms with E-state index in [2.05, 4.69) is 26.1 Å². The largest absolute Gasteiger partial charge is 0.496 e. The van der Waals surface area contributed by atoms with E-state index in [1.54, 1.807) is 12.0 Å². The molecule has 0 aromatic heterocycles. The fourth-order valence-corrected chi connectivity index (χ4v) is 3.16. The molecule has 1 fully saturated rings. The number of nitrogens with zero attached hydrogens (tertiary/aromatic N) is 1. The maximum atomic E-state index is 12.7. The fraction of sp³-hybridized carbons (Fsp3) is 0.611. The average Bonchev–Trinajstić information content (AvgIpc) is 3.00. The van der Waals surface area contributed by atoms with Crippen molar-refractivity contribution in [1.29, 1.82) is 0 Å². The molecular weight excluding hydrogens is 292 g/mol. The van der Waals surface area contributed by atoms with Crippen molar-refractivity contribution in [3.05, 3.63) is 29.8 Å². The van der Waals surface area contributed by atoms with Crippen LogP contribution in [0, 0.1) is 5.41 Å². The predicted molar refractivity (Wildman–Crippen MR) is 90.5 cm³/mol. The van der Waals surface area contributed by atoms with Crippen LogP contribution in [0.2, 0.25) is 0 Å². The molecule has 1 heterocycles. The number of methoxy groups -OCH3 is 1. The van der Waals surface area contributed by atoms with Crippen LogP contribution in [-0.4, -0.2) is 42.3 Å². The van der Waals surface area contributed by atoms with E-state index in [-0.39, 0.29) is 30.1 Å². The Kier molecular flexibility index (Phi) is 5.52. The van der Waals surface area contributed by atoms with Gasteiger partial charge in [0.25, 0.3) is 0 Å². The van der Waals surface area contributed by atoms with Gasteiger partial charge in [-0.05, 0) is 24.3 Å². The van der Waals surface area contributed by atoms with Crippen LogP contribution in [0.1, 0.15) is 45.2 Å². The van der Waals surface area contributed by atoms with Crippen molar-refractivity contribution in [2.45, 2.75) is 45.7 Å². The number of aliphatic hydroxyl groups is 1. The highest BCUT2D eigenvalue weighted by atomic mass is 16.5. The maximum Gasteiger partial charge on any atom is 0.318 e. The van der Waals surface area contributed by atoms with Crippen molar-refractivity contribution in [3.8, 4) is 5.75 Å². The average molecular weight is 320 g/mol. The molecule has 0 spiro atoms. The highest BCUT2D eigenvalue weighted by Gasteiger charge is 2.34. The standard InChI is InChI=1S/C18H28N2O3/c1-18(2,3)16(14-9-5-6-10-15(14)23-4)19-17(22)20-11-7-8-13(20)12-21/h5-6,9-10,13,16,21H,7-8,11-12H2,1-4H3,(H,19,22)/t13-,16?/m0/s1. The summed E-state index contributed by atoms with van der Waals surface area (Å²) >= 11 is 0. The van der Waals surface area contributed by atoms with E-state index in [9.17, 15) is 9.90 Å². The first-order valence-electron chi connectivity index (χ1n) is 8.19. The summed E-state index contributed by atoms with van der Waals surface area (Å²) in [7, 11) is 1.64. The molecule has 2 rings (SSSR count). The molecule has 1 aliphatic rings. The third-order valence-electron chi connectivity index (χ3n) is 4.43. The van der Waals surface area contributed by atoms with Crippen LogP contribution in [0.25, 0.3) is 0 Å². The van der Waals surface area contributed by atoms with Gasteiger partial charge >= 0.3 is 6.03 Å². The first-order valence-corrected chi connectivity index (χ1v) is 8.19. The molecular formula is C18H28N2O3. The van der Waals surface area contributed by atoms with Crippen molar-refractivity contribution < 1.29 is 14.6 Å². The van der Waals surface area contributed by atoms with Gasteiger partial charge < -0.3 is 20.1 Å². The lowest BCUT2D eigenvalue weighted by Crippen LogP contribution is -2.47. The molecule has 128 valence electrons. The minimum atomic E-state index is -0.175. The molecule has 2 N–H and O–H groups in total. The normalized spacial score (nSPS) is 19.5. The molecule has 0 bridgehead atoms. The Bertz CT molecular complexity index is 539. The zero-order valence-corrected chi connectivity index (χ0v) is 14.5. The third-order valence-corrected chi connectivity index (χ3v) is 4.43. The van der Waals surface area contributed by atoms with Crippen molar-refractivity contribution >= 4 is 6.03 Å². The predicted octanol–water partition coefficient (Wildman–Crippen LogP) is 2.95. The summed E-state index contributed by atoms with van der Waals surface area (Å²) in [6.45, 7) is 7.00. The molecule has 5 nitrogen and oxygen atoms in total. The quantitative estimate of drug-likeness (QED) is 0.896. The zero-order valence-electron chi connectivity index (χ0n) is 14.5. The number of likely N-dealkylation sites (tertiary alicyclic amines) is 1. The Morgan fingerprint density at radius 2 is 2.13 bits per heavy atom. The molecule has 0 aliphatic carbocycles. The molecule has 1 aliphatic heterocycles. The molecule has 2 atom stereocenters. The molecule has 0 radical (unpaired) electrons. The molecule has 0 saturated carbocycles. The number of nitrogens with one attached hydrogen (secondary N) is 1. The van der Waals surface area contributed by atoms with Gasteiger partial charge in [-0.2, -0.15) is 0 Å². The number of urea groups is 1. The Morgan fingerprint density at radius 3 is 2.74 bits per heavy atom. The van der Waals surface area contributed by atoms with Gasteiger partial charge in [-0.3, -0.25) is 0 Å². The summed E-state index contributed by atoms with van der Waals surface area (Å²) in [6, 6.07) is 7.41. The summed E-state index contributed by atoms with van der Waals surface area (Å²) in [5.41, 5.74) is 0.800. The van der Waals surface area contributed by atoms with Crippen LogP contribution in [-0.2, 0) is 0 Å². The number of benzene rings is 1. The van der Waals surface area contributed by atoms with E-state index in [0.29, 0.717) is 6.54 Å². The fourth-order valence-electron chi connectivity index (χ4n) is 3.16. The summed E-state index contributed by atoms with van der Waals surface area (Å²) < 4.78 is 5.47. The number of hydrogen-bond acceptors (Lipinski definition) is 3. The number of amides is 2. The van der Waals surface area contributed by atoms with E-state index in [1.165, 1.54) is 0 Å². The highest BCUT2D eigenvalue weighted by Crippen LogP contribution is 2.37. The first kappa shape index (κ1) is 17.6. The second-order valence-electron chi connectivity index (χ2n) is 7.16. The Balaban J connectivity index is 2.25. The van der Waals surface area contributed by atoms with Gasteiger partial charge in [0.1, 0.15) is 5.75 Å². The summed E-state index contributed by atoms with van der Waals surface area (Å²) in [6.07, 6.45) is 1.80. The number of carbonyl (C=O) groups excluding carboxylic acids is 1. The number of ether oxygens (including phenoxy) is 1. The van der Waals surface area contributed by atoms with Crippen LogP contribution < -0.4 is 10.1 Å². The number of para-hydroxylation sites is 1. The monoisotopic (exact) mass is 320 g/mol. The molecule has 23 heavy (non-hydrogen) atoms. The van der Waals surface area contributed by atoms with E-state index >= 15 is 0 Å². The van der Waals surface area contributed by atoms with Gasteiger partial charge in [0, 0.05) is 12.1 Å². The molecule has 1 aromatic rings. The molecule has 5 heteroatoms. The maximum absolute atomic E-state index is 12.7. The van der Waals surface area contributed by atoms with Gasteiger partial charge in [-0.15, -0.1) is 0 Å². The zero-order chi connectivity index (χ0) is 17.0. The van der Waals surface area contributed by atoms with E-state index in [4.69, 9.17) is 4.74 Å². The van der Waals surface area contributed by atoms with Gasteiger partial charge in [-0.1, -0.05) is 39.0 Å². The third kappa shape index (κ3) is 3.96. The molecule has 1 unspecified atom stereocenters.